The molecule has 0 saturated carbocycles. The number of aromatic hydroxyl groups is 1. The molecule has 2 heteroatoms. The molecule has 0 radical (unpaired) electrons. The Hall–Kier alpha value is -2.48. The zero-order valence-electron chi connectivity index (χ0n) is 11.6. The minimum absolute atomic E-state index is 0.252. The topological polar surface area (TPSA) is 29.5 Å². The Kier molecular flexibility index (Phi) is 3.07. The third-order valence-corrected chi connectivity index (χ3v) is 3.60. The van der Waals surface area contributed by atoms with Gasteiger partial charge >= 0.3 is 0 Å². The number of benzene rings is 3. The second-order valence-electron chi connectivity index (χ2n) is 4.87. The number of hydrogen-bond donors (Lipinski definition) is 1. The van der Waals surface area contributed by atoms with Crippen LogP contribution in [-0.4, -0.2) is 12.2 Å². The van der Waals surface area contributed by atoms with Crippen molar-refractivity contribution in [1.82, 2.24) is 0 Å². The van der Waals surface area contributed by atoms with Gasteiger partial charge in [-0.3, -0.25) is 0 Å². The van der Waals surface area contributed by atoms with Gasteiger partial charge in [-0.1, -0.05) is 36.4 Å². The average molecular weight is 264 g/mol. The monoisotopic (exact) mass is 264 g/mol. The van der Waals surface area contributed by atoms with Crippen molar-refractivity contribution in [3.05, 3.63) is 60.2 Å². The summed E-state index contributed by atoms with van der Waals surface area (Å²) in [5.74, 6) is 0.949. The molecule has 0 aliphatic rings. The number of phenolic OH excluding ortho intramolecular Hbond substituents is 1. The number of aryl methyl sites for hydroxylation is 1. The Balaban J connectivity index is 2.32. The van der Waals surface area contributed by atoms with E-state index in [1.165, 1.54) is 0 Å². The summed E-state index contributed by atoms with van der Waals surface area (Å²) < 4.78 is 5.35. The van der Waals surface area contributed by atoms with E-state index >= 15 is 0 Å². The van der Waals surface area contributed by atoms with E-state index in [2.05, 4.69) is 6.07 Å². The molecule has 2 nitrogen and oxygen atoms in total. The summed E-state index contributed by atoms with van der Waals surface area (Å²) in [6.07, 6.45) is 0. The normalized spacial score (nSPS) is 10.7. The zero-order chi connectivity index (χ0) is 14.1. The summed E-state index contributed by atoms with van der Waals surface area (Å²) >= 11 is 0. The van der Waals surface area contributed by atoms with E-state index in [-0.39, 0.29) is 5.75 Å². The highest BCUT2D eigenvalue weighted by atomic mass is 16.5. The van der Waals surface area contributed by atoms with E-state index in [4.69, 9.17) is 4.74 Å². The van der Waals surface area contributed by atoms with Crippen LogP contribution >= 0.6 is 0 Å². The number of rotatable bonds is 2. The minimum atomic E-state index is 0.252. The van der Waals surface area contributed by atoms with Crippen LogP contribution in [0.25, 0.3) is 21.9 Å². The van der Waals surface area contributed by atoms with Gasteiger partial charge < -0.3 is 9.84 Å². The molecule has 0 aromatic heterocycles. The van der Waals surface area contributed by atoms with Gasteiger partial charge in [-0.15, -0.1) is 0 Å². The van der Waals surface area contributed by atoms with E-state index < -0.39 is 0 Å². The first-order chi connectivity index (χ1) is 9.70. The summed E-state index contributed by atoms with van der Waals surface area (Å²) in [5, 5.41) is 12.2. The van der Waals surface area contributed by atoms with Gasteiger partial charge in [0.05, 0.1) is 12.5 Å². The van der Waals surface area contributed by atoms with Crippen molar-refractivity contribution < 1.29 is 9.84 Å². The molecule has 0 atom stereocenters. The highest BCUT2D eigenvalue weighted by Gasteiger charge is 2.11. The van der Waals surface area contributed by atoms with Crippen LogP contribution in [0.1, 0.15) is 5.56 Å². The Labute approximate surface area is 118 Å². The Morgan fingerprint density at radius 3 is 2.35 bits per heavy atom. The minimum Gasteiger partial charge on any atom is -0.507 e. The van der Waals surface area contributed by atoms with Gasteiger partial charge in [0.2, 0.25) is 0 Å². The predicted octanol–water partition coefficient (Wildman–Crippen LogP) is 4.53. The fourth-order valence-corrected chi connectivity index (χ4v) is 2.54. The van der Waals surface area contributed by atoms with Crippen molar-refractivity contribution in [3.63, 3.8) is 0 Å². The molecule has 3 aromatic rings. The second kappa shape index (κ2) is 4.89. The summed E-state index contributed by atoms with van der Waals surface area (Å²) in [4.78, 5) is 0. The van der Waals surface area contributed by atoms with E-state index in [1.54, 1.807) is 13.2 Å². The zero-order valence-corrected chi connectivity index (χ0v) is 11.6. The molecule has 100 valence electrons. The van der Waals surface area contributed by atoms with Crippen LogP contribution in [0.15, 0.2) is 54.6 Å². The largest absolute Gasteiger partial charge is 0.507 e. The fraction of sp³-hybridized carbons (Fsp3) is 0.111. The number of phenols is 1. The molecule has 3 rings (SSSR count). The maximum atomic E-state index is 10.4. The molecule has 0 saturated heterocycles. The lowest BCUT2D eigenvalue weighted by Gasteiger charge is -2.12. The van der Waals surface area contributed by atoms with Crippen LogP contribution in [0, 0.1) is 6.92 Å². The van der Waals surface area contributed by atoms with Crippen molar-refractivity contribution in [2.24, 2.45) is 0 Å². The molecule has 0 aliphatic carbocycles. The van der Waals surface area contributed by atoms with Gasteiger partial charge in [-0.05, 0) is 47.2 Å². The smallest absolute Gasteiger partial charge is 0.130 e. The first-order valence-corrected chi connectivity index (χ1v) is 6.56. The molecular formula is C18H16O2. The summed E-state index contributed by atoms with van der Waals surface area (Å²) in [7, 11) is 1.62. The number of methoxy groups -OCH3 is 1. The lowest BCUT2D eigenvalue weighted by Crippen LogP contribution is -1.89. The fourth-order valence-electron chi connectivity index (χ4n) is 2.54. The van der Waals surface area contributed by atoms with Gasteiger partial charge in [0.25, 0.3) is 0 Å². The molecule has 0 bridgehead atoms. The van der Waals surface area contributed by atoms with Crippen molar-refractivity contribution in [1.29, 1.82) is 0 Å². The average Bonchev–Trinajstić information content (AvgIpc) is 2.49. The molecule has 0 amide bonds. The van der Waals surface area contributed by atoms with Gasteiger partial charge in [-0.25, -0.2) is 0 Å². The van der Waals surface area contributed by atoms with Crippen molar-refractivity contribution in [2.45, 2.75) is 6.92 Å². The lowest BCUT2D eigenvalue weighted by atomic mass is 9.97. The quantitative estimate of drug-likeness (QED) is 0.737. The number of hydrogen-bond acceptors (Lipinski definition) is 2. The molecule has 1 N–H and O–H groups in total. The molecule has 0 unspecified atom stereocenters. The summed E-state index contributed by atoms with van der Waals surface area (Å²) in [6, 6.07) is 17.8. The van der Waals surface area contributed by atoms with Gasteiger partial charge in [0, 0.05) is 0 Å². The van der Waals surface area contributed by atoms with Crippen LogP contribution < -0.4 is 4.74 Å². The van der Waals surface area contributed by atoms with Crippen LogP contribution in [0.3, 0.4) is 0 Å². The van der Waals surface area contributed by atoms with Crippen LogP contribution in [0.2, 0.25) is 0 Å². The standard InChI is InChI=1S/C18H16O2/c1-12-8-9-17(20-2)18-15(12)10-14(11-16(18)19)13-6-4-3-5-7-13/h3-11,19H,1-2H3. The Morgan fingerprint density at radius 2 is 1.65 bits per heavy atom. The van der Waals surface area contributed by atoms with Gasteiger partial charge in [-0.2, -0.15) is 0 Å². The summed E-state index contributed by atoms with van der Waals surface area (Å²) in [6.45, 7) is 2.04. The van der Waals surface area contributed by atoms with Crippen LogP contribution in [0.5, 0.6) is 11.5 Å². The Morgan fingerprint density at radius 1 is 0.900 bits per heavy atom. The second-order valence-corrected chi connectivity index (χ2v) is 4.87. The van der Waals surface area contributed by atoms with E-state index in [0.29, 0.717) is 5.75 Å². The Bertz CT molecular complexity index is 761. The molecule has 0 heterocycles. The third-order valence-electron chi connectivity index (χ3n) is 3.60. The van der Waals surface area contributed by atoms with Gasteiger partial charge in [0.15, 0.2) is 0 Å². The van der Waals surface area contributed by atoms with Crippen LogP contribution in [0.4, 0.5) is 0 Å². The molecule has 0 aliphatic heterocycles. The third kappa shape index (κ3) is 1.99. The van der Waals surface area contributed by atoms with Crippen molar-refractivity contribution in [2.75, 3.05) is 7.11 Å². The van der Waals surface area contributed by atoms with Gasteiger partial charge in [0.1, 0.15) is 11.5 Å². The highest BCUT2D eigenvalue weighted by Crippen LogP contribution is 2.38. The lowest BCUT2D eigenvalue weighted by molar-refractivity contribution is 0.416. The first kappa shape index (κ1) is 12.5. The molecule has 3 aromatic carbocycles. The van der Waals surface area contributed by atoms with E-state index in [0.717, 1.165) is 27.5 Å². The van der Waals surface area contributed by atoms with Crippen molar-refractivity contribution in [3.8, 4) is 22.6 Å². The maximum Gasteiger partial charge on any atom is 0.130 e. The first-order valence-electron chi connectivity index (χ1n) is 6.56. The predicted molar refractivity (Wildman–Crippen MR) is 82.3 cm³/mol. The number of ether oxygens (including phenoxy) is 1. The summed E-state index contributed by atoms with van der Waals surface area (Å²) in [5.41, 5.74) is 3.22. The molecule has 0 spiro atoms. The van der Waals surface area contributed by atoms with Crippen LogP contribution in [-0.2, 0) is 0 Å². The molecular weight excluding hydrogens is 248 g/mol. The number of fused-ring (bicyclic) bond motifs is 1. The van der Waals surface area contributed by atoms with E-state index in [1.807, 2.05) is 49.4 Å². The van der Waals surface area contributed by atoms with E-state index in [9.17, 15) is 5.11 Å². The molecule has 20 heavy (non-hydrogen) atoms. The highest BCUT2D eigenvalue weighted by molar-refractivity contribution is 5.98. The maximum absolute atomic E-state index is 10.4. The molecule has 0 fully saturated rings. The van der Waals surface area contributed by atoms with Crippen molar-refractivity contribution >= 4 is 10.8 Å². The SMILES string of the molecule is COc1ccc(C)c2cc(-c3ccccc3)cc(O)c12.